The molecule has 0 radical (unpaired) electrons. The zero-order valence-corrected chi connectivity index (χ0v) is 13.5. The smallest absolute Gasteiger partial charge is 0.233 e. The van der Waals surface area contributed by atoms with Gasteiger partial charge in [-0.3, -0.25) is 14.0 Å². The third-order valence-electron chi connectivity index (χ3n) is 4.83. The lowest BCUT2D eigenvalue weighted by Gasteiger charge is -2.31. The first-order valence-corrected chi connectivity index (χ1v) is 8.56. The number of fused-ring (bicyclic) bond motifs is 1. The molecular formula is C17H21N5O2. The number of aromatic nitrogens is 3. The van der Waals surface area contributed by atoms with Crippen molar-refractivity contribution in [3.63, 3.8) is 0 Å². The average molecular weight is 327 g/mol. The van der Waals surface area contributed by atoms with Gasteiger partial charge in [0, 0.05) is 43.5 Å². The van der Waals surface area contributed by atoms with E-state index in [1.807, 2.05) is 27.8 Å². The summed E-state index contributed by atoms with van der Waals surface area (Å²) in [7, 11) is 0. The van der Waals surface area contributed by atoms with Crippen LogP contribution in [0.5, 0.6) is 0 Å². The fraction of sp³-hybridized carbons (Fsp3) is 0.529. The minimum Gasteiger partial charge on any atom is -0.350 e. The van der Waals surface area contributed by atoms with Crippen LogP contribution >= 0.6 is 0 Å². The highest BCUT2D eigenvalue weighted by atomic mass is 16.2. The van der Waals surface area contributed by atoms with Gasteiger partial charge in [-0.15, -0.1) is 0 Å². The first kappa shape index (κ1) is 15.1. The molecule has 1 saturated carbocycles. The van der Waals surface area contributed by atoms with Crippen molar-refractivity contribution in [1.29, 1.82) is 0 Å². The highest BCUT2D eigenvalue weighted by molar-refractivity contribution is 5.82. The van der Waals surface area contributed by atoms with E-state index < -0.39 is 0 Å². The van der Waals surface area contributed by atoms with Crippen molar-refractivity contribution in [2.45, 2.75) is 32.2 Å². The maximum absolute atomic E-state index is 12.3. The van der Waals surface area contributed by atoms with Crippen LogP contribution in [0.4, 0.5) is 0 Å². The van der Waals surface area contributed by atoms with E-state index in [1.165, 1.54) is 0 Å². The van der Waals surface area contributed by atoms with Gasteiger partial charge in [-0.2, -0.15) is 0 Å². The van der Waals surface area contributed by atoms with Crippen molar-refractivity contribution in [2.24, 2.45) is 11.8 Å². The molecule has 7 nitrogen and oxygen atoms in total. The lowest BCUT2D eigenvalue weighted by molar-refractivity contribution is -0.136. The van der Waals surface area contributed by atoms with Crippen molar-refractivity contribution in [2.75, 3.05) is 13.1 Å². The van der Waals surface area contributed by atoms with Crippen LogP contribution in [0.2, 0.25) is 0 Å². The summed E-state index contributed by atoms with van der Waals surface area (Å²) in [6.07, 6.45) is 9.02. The van der Waals surface area contributed by atoms with Gasteiger partial charge in [-0.05, 0) is 31.7 Å². The molecule has 2 amide bonds. The van der Waals surface area contributed by atoms with Crippen LogP contribution in [0.1, 0.15) is 31.4 Å². The molecule has 1 aliphatic carbocycles. The molecule has 0 aromatic carbocycles. The normalized spacial score (nSPS) is 18.8. The van der Waals surface area contributed by atoms with Crippen molar-refractivity contribution in [3.8, 4) is 0 Å². The van der Waals surface area contributed by atoms with Gasteiger partial charge >= 0.3 is 0 Å². The molecule has 24 heavy (non-hydrogen) atoms. The van der Waals surface area contributed by atoms with Crippen LogP contribution in [-0.2, 0) is 16.1 Å². The van der Waals surface area contributed by atoms with E-state index in [0.29, 0.717) is 25.4 Å². The second-order valence-corrected chi connectivity index (χ2v) is 6.65. The summed E-state index contributed by atoms with van der Waals surface area (Å²) >= 11 is 0. The molecule has 7 heteroatoms. The average Bonchev–Trinajstić information content (AvgIpc) is 3.38. The topological polar surface area (TPSA) is 79.6 Å². The minimum atomic E-state index is -0.0107. The number of amides is 2. The summed E-state index contributed by atoms with van der Waals surface area (Å²) in [6.45, 7) is 1.81. The second kappa shape index (κ2) is 6.22. The Balaban J connectivity index is 1.28. The number of hydrogen-bond acceptors (Lipinski definition) is 4. The molecule has 1 aliphatic heterocycles. The number of carbonyl (C=O) groups is 2. The number of carbonyl (C=O) groups excluding carboxylic acids is 2. The molecule has 1 N–H and O–H groups in total. The zero-order chi connectivity index (χ0) is 16.5. The third kappa shape index (κ3) is 3.11. The highest BCUT2D eigenvalue weighted by Crippen LogP contribution is 2.32. The quantitative estimate of drug-likeness (QED) is 0.908. The molecule has 0 bridgehead atoms. The van der Waals surface area contributed by atoms with Crippen molar-refractivity contribution < 1.29 is 9.59 Å². The van der Waals surface area contributed by atoms with Gasteiger partial charge in [0.25, 0.3) is 0 Å². The molecule has 0 spiro atoms. The van der Waals surface area contributed by atoms with E-state index in [2.05, 4.69) is 15.3 Å². The van der Waals surface area contributed by atoms with Crippen LogP contribution in [0.15, 0.2) is 24.7 Å². The number of nitrogens with one attached hydrogen (secondary N) is 1. The van der Waals surface area contributed by atoms with Gasteiger partial charge in [-0.25, -0.2) is 9.97 Å². The molecule has 4 rings (SSSR count). The highest BCUT2D eigenvalue weighted by Gasteiger charge is 2.35. The Kier molecular flexibility index (Phi) is 3.92. The molecule has 2 aliphatic rings. The third-order valence-corrected chi connectivity index (χ3v) is 4.83. The number of nitrogens with zero attached hydrogens (tertiary/aromatic N) is 4. The summed E-state index contributed by atoms with van der Waals surface area (Å²) in [5.41, 5.74) is 0.795. The van der Waals surface area contributed by atoms with Crippen LogP contribution in [0, 0.1) is 11.8 Å². The van der Waals surface area contributed by atoms with Gasteiger partial charge in [0.15, 0.2) is 0 Å². The van der Waals surface area contributed by atoms with Gasteiger partial charge in [0.05, 0.1) is 12.2 Å². The van der Waals surface area contributed by atoms with E-state index in [4.69, 9.17) is 0 Å². The van der Waals surface area contributed by atoms with Crippen LogP contribution in [-0.4, -0.2) is 44.2 Å². The standard InChI is InChI=1S/C17H21N5O2/c23-15(12-4-8-21(9-5-12)16(24)13-2-3-13)19-10-14-11-22-7-1-6-18-17(22)20-14/h1,6-7,11-13H,2-5,8-10H2,(H,19,23). The summed E-state index contributed by atoms with van der Waals surface area (Å²) in [5, 5.41) is 2.96. The minimum absolute atomic E-state index is 0.0107. The zero-order valence-electron chi connectivity index (χ0n) is 13.5. The van der Waals surface area contributed by atoms with Gasteiger partial charge in [0.1, 0.15) is 0 Å². The molecule has 2 fully saturated rings. The molecule has 0 atom stereocenters. The van der Waals surface area contributed by atoms with E-state index in [9.17, 15) is 9.59 Å². The monoisotopic (exact) mass is 327 g/mol. The van der Waals surface area contributed by atoms with Crippen LogP contribution in [0.25, 0.3) is 5.78 Å². The Morgan fingerprint density at radius 2 is 1.96 bits per heavy atom. The number of piperidine rings is 1. The lowest BCUT2D eigenvalue weighted by atomic mass is 9.95. The summed E-state index contributed by atoms with van der Waals surface area (Å²) in [5.74, 6) is 1.22. The van der Waals surface area contributed by atoms with Crippen molar-refractivity contribution >= 4 is 17.6 Å². The summed E-state index contributed by atoms with van der Waals surface area (Å²) in [4.78, 5) is 34.9. The molecule has 3 heterocycles. The molecule has 126 valence electrons. The van der Waals surface area contributed by atoms with Gasteiger partial charge in [0.2, 0.25) is 17.6 Å². The Morgan fingerprint density at radius 3 is 2.67 bits per heavy atom. The van der Waals surface area contributed by atoms with E-state index in [0.717, 1.165) is 31.4 Å². The lowest BCUT2D eigenvalue weighted by Crippen LogP contribution is -2.43. The molecule has 1 saturated heterocycles. The predicted molar refractivity (Wildman–Crippen MR) is 86.9 cm³/mol. The Labute approximate surface area is 140 Å². The first-order valence-electron chi connectivity index (χ1n) is 8.56. The maximum atomic E-state index is 12.3. The second-order valence-electron chi connectivity index (χ2n) is 6.65. The number of rotatable bonds is 4. The molecule has 2 aromatic heterocycles. The molecule has 2 aromatic rings. The largest absolute Gasteiger partial charge is 0.350 e. The van der Waals surface area contributed by atoms with Crippen LogP contribution < -0.4 is 5.32 Å². The first-order chi connectivity index (χ1) is 11.7. The number of hydrogen-bond donors (Lipinski definition) is 1. The fourth-order valence-corrected chi connectivity index (χ4v) is 3.24. The van der Waals surface area contributed by atoms with Crippen molar-refractivity contribution in [3.05, 3.63) is 30.4 Å². The maximum Gasteiger partial charge on any atom is 0.233 e. The predicted octanol–water partition coefficient (Wildman–Crippen LogP) is 0.994. The van der Waals surface area contributed by atoms with Gasteiger partial charge in [-0.1, -0.05) is 0 Å². The van der Waals surface area contributed by atoms with Crippen molar-refractivity contribution in [1.82, 2.24) is 24.6 Å². The van der Waals surface area contributed by atoms with Gasteiger partial charge < -0.3 is 10.2 Å². The van der Waals surface area contributed by atoms with E-state index >= 15 is 0 Å². The summed E-state index contributed by atoms with van der Waals surface area (Å²) < 4.78 is 1.84. The number of likely N-dealkylation sites (tertiary alicyclic amines) is 1. The summed E-state index contributed by atoms with van der Waals surface area (Å²) in [6, 6.07) is 1.84. The van der Waals surface area contributed by atoms with E-state index in [1.54, 1.807) is 6.20 Å². The fourth-order valence-electron chi connectivity index (χ4n) is 3.24. The Morgan fingerprint density at radius 1 is 1.17 bits per heavy atom. The number of imidazole rings is 1. The molecular weight excluding hydrogens is 306 g/mol. The Hall–Kier alpha value is -2.44. The van der Waals surface area contributed by atoms with Crippen LogP contribution in [0.3, 0.4) is 0 Å². The van der Waals surface area contributed by atoms with E-state index in [-0.39, 0.29) is 23.7 Å². The SMILES string of the molecule is O=C(NCc1cn2cccnc2n1)C1CCN(C(=O)C2CC2)CC1. The Bertz CT molecular complexity index is 726. The molecule has 0 unspecified atom stereocenters.